The summed E-state index contributed by atoms with van der Waals surface area (Å²) in [7, 11) is 0. The molecule has 0 saturated heterocycles. The van der Waals surface area contributed by atoms with Gasteiger partial charge in [0.25, 0.3) is 0 Å². The van der Waals surface area contributed by atoms with Crippen molar-refractivity contribution in [2.24, 2.45) is 0 Å². The van der Waals surface area contributed by atoms with E-state index in [1.54, 1.807) is 18.5 Å². The van der Waals surface area contributed by atoms with Crippen LogP contribution in [-0.4, -0.2) is 21.0 Å². The van der Waals surface area contributed by atoms with Gasteiger partial charge in [-0.2, -0.15) is 0 Å². The molecule has 0 saturated carbocycles. The normalized spacial score (nSPS) is 10.4. The molecule has 2 heterocycles. The molecule has 0 amide bonds. The molecule has 0 radical (unpaired) electrons. The van der Waals surface area contributed by atoms with Crippen LogP contribution in [0.25, 0.3) is 10.9 Å². The topological polar surface area (TPSA) is 75.1 Å². The Morgan fingerprint density at radius 2 is 1.75 bits per heavy atom. The van der Waals surface area contributed by atoms with Gasteiger partial charge in [-0.05, 0) is 24.3 Å². The quantitative estimate of drug-likeness (QED) is 0.761. The minimum Gasteiger partial charge on any atom is -0.478 e. The highest BCUT2D eigenvalue weighted by atomic mass is 16.4. The van der Waals surface area contributed by atoms with E-state index in [0.717, 1.165) is 16.6 Å². The second-order valence-electron chi connectivity index (χ2n) is 4.21. The summed E-state index contributed by atoms with van der Waals surface area (Å²) in [4.78, 5) is 19.6. The van der Waals surface area contributed by atoms with Gasteiger partial charge >= 0.3 is 5.97 Å². The van der Waals surface area contributed by atoms with Crippen molar-refractivity contribution in [2.45, 2.75) is 0 Å². The van der Waals surface area contributed by atoms with Crippen LogP contribution >= 0.6 is 0 Å². The standard InChI is InChI=1S/C15H11N3O2/c19-15(20)11-6-3-9-17-14(11)18-12-7-1-4-10-5-2-8-16-13(10)12/h1-9H,(H,17,18)(H,19,20). The first-order valence-corrected chi connectivity index (χ1v) is 6.05. The minimum absolute atomic E-state index is 0.125. The number of carbonyl (C=O) groups is 1. The molecule has 5 heteroatoms. The Balaban J connectivity index is 2.08. The largest absolute Gasteiger partial charge is 0.478 e. The smallest absolute Gasteiger partial charge is 0.339 e. The molecule has 1 aromatic carbocycles. The van der Waals surface area contributed by atoms with Crippen LogP contribution in [0.2, 0.25) is 0 Å². The Labute approximate surface area is 114 Å². The van der Waals surface area contributed by atoms with Gasteiger partial charge in [0.15, 0.2) is 0 Å². The number of anilines is 2. The van der Waals surface area contributed by atoms with Crippen molar-refractivity contribution in [1.82, 2.24) is 9.97 Å². The van der Waals surface area contributed by atoms with E-state index in [4.69, 9.17) is 5.11 Å². The van der Waals surface area contributed by atoms with Gasteiger partial charge in [0, 0.05) is 17.8 Å². The summed E-state index contributed by atoms with van der Waals surface area (Å²) >= 11 is 0. The van der Waals surface area contributed by atoms with Crippen LogP contribution in [0.4, 0.5) is 11.5 Å². The zero-order valence-electron chi connectivity index (χ0n) is 10.4. The molecule has 0 spiro atoms. The minimum atomic E-state index is -1.02. The summed E-state index contributed by atoms with van der Waals surface area (Å²) in [6.45, 7) is 0. The number of nitrogens with zero attached hydrogens (tertiary/aromatic N) is 2. The molecule has 20 heavy (non-hydrogen) atoms. The van der Waals surface area contributed by atoms with Crippen LogP contribution < -0.4 is 5.32 Å². The zero-order valence-corrected chi connectivity index (χ0v) is 10.4. The average molecular weight is 265 g/mol. The number of benzene rings is 1. The number of pyridine rings is 2. The van der Waals surface area contributed by atoms with Gasteiger partial charge in [0.2, 0.25) is 0 Å². The molecular weight excluding hydrogens is 254 g/mol. The van der Waals surface area contributed by atoms with Crippen LogP contribution in [0.3, 0.4) is 0 Å². The van der Waals surface area contributed by atoms with Gasteiger partial charge in [-0.1, -0.05) is 18.2 Å². The number of carboxylic acid groups (broad SMARTS) is 1. The number of carboxylic acids is 1. The molecule has 5 nitrogen and oxygen atoms in total. The van der Waals surface area contributed by atoms with E-state index in [9.17, 15) is 4.79 Å². The van der Waals surface area contributed by atoms with Crippen molar-refractivity contribution in [1.29, 1.82) is 0 Å². The lowest BCUT2D eigenvalue weighted by molar-refractivity contribution is 0.0697. The van der Waals surface area contributed by atoms with Gasteiger partial charge in [0.05, 0.1) is 11.2 Å². The number of nitrogens with one attached hydrogen (secondary N) is 1. The summed E-state index contributed by atoms with van der Waals surface area (Å²) in [6.07, 6.45) is 3.25. The van der Waals surface area contributed by atoms with Crippen LogP contribution in [0.5, 0.6) is 0 Å². The molecule has 0 bridgehead atoms. The molecule has 2 N–H and O–H groups in total. The fraction of sp³-hybridized carbons (Fsp3) is 0. The maximum Gasteiger partial charge on any atom is 0.339 e. The fourth-order valence-electron chi connectivity index (χ4n) is 2.01. The van der Waals surface area contributed by atoms with Crippen molar-refractivity contribution in [3.8, 4) is 0 Å². The lowest BCUT2D eigenvalue weighted by Crippen LogP contribution is -2.04. The van der Waals surface area contributed by atoms with E-state index in [-0.39, 0.29) is 5.56 Å². The lowest BCUT2D eigenvalue weighted by Gasteiger charge is -2.10. The van der Waals surface area contributed by atoms with E-state index in [2.05, 4.69) is 15.3 Å². The second kappa shape index (κ2) is 4.97. The summed E-state index contributed by atoms with van der Waals surface area (Å²) in [6, 6.07) is 12.6. The van der Waals surface area contributed by atoms with Crippen molar-refractivity contribution >= 4 is 28.4 Å². The maximum absolute atomic E-state index is 11.2. The predicted molar refractivity (Wildman–Crippen MR) is 76.2 cm³/mol. The van der Waals surface area contributed by atoms with Gasteiger partial charge < -0.3 is 10.4 Å². The Bertz CT molecular complexity index is 781. The molecule has 0 aliphatic carbocycles. The van der Waals surface area contributed by atoms with E-state index < -0.39 is 5.97 Å². The summed E-state index contributed by atoms with van der Waals surface area (Å²) < 4.78 is 0. The highest BCUT2D eigenvalue weighted by Gasteiger charge is 2.11. The number of rotatable bonds is 3. The number of aromatic carboxylic acids is 1. The van der Waals surface area contributed by atoms with Gasteiger partial charge in [0.1, 0.15) is 11.4 Å². The van der Waals surface area contributed by atoms with Crippen molar-refractivity contribution in [3.63, 3.8) is 0 Å². The van der Waals surface area contributed by atoms with Crippen LogP contribution in [0.1, 0.15) is 10.4 Å². The average Bonchev–Trinajstić information content (AvgIpc) is 2.48. The van der Waals surface area contributed by atoms with E-state index in [1.165, 1.54) is 6.07 Å². The molecule has 0 aliphatic rings. The predicted octanol–water partition coefficient (Wildman–Crippen LogP) is 3.07. The first-order chi connectivity index (χ1) is 9.75. The molecule has 3 rings (SSSR count). The molecule has 3 aromatic rings. The first-order valence-electron chi connectivity index (χ1n) is 6.05. The Hall–Kier alpha value is -2.95. The molecular formula is C15H11N3O2. The Morgan fingerprint density at radius 3 is 2.60 bits per heavy atom. The third-order valence-electron chi connectivity index (χ3n) is 2.92. The van der Waals surface area contributed by atoms with Crippen molar-refractivity contribution in [3.05, 3.63) is 60.4 Å². The molecule has 0 unspecified atom stereocenters. The number of hydrogen-bond donors (Lipinski definition) is 2. The highest BCUT2D eigenvalue weighted by molar-refractivity contribution is 5.97. The van der Waals surface area contributed by atoms with Crippen molar-refractivity contribution in [2.75, 3.05) is 5.32 Å². The molecule has 2 aromatic heterocycles. The number of aromatic nitrogens is 2. The zero-order chi connectivity index (χ0) is 13.9. The second-order valence-corrected chi connectivity index (χ2v) is 4.21. The summed E-state index contributed by atoms with van der Waals surface area (Å²) in [5.74, 6) is -0.716. The first kappa shape index (κ1) is 12.1. The van der Waals surface area contributed by atoms with Gasteiger partial charge in [-0.15, -0.1) is 0 Å². The highest BCUT2D eigenvalue weighted by Crippen LogP contribution is 2.25. The van der Waals surface area contributed by atoms with Crippen LogP contribution in [0.15, 0.2) is 54.9 Å². The Morgan fingerprint density at radius 1 is 1.00 bits per heavy atom. The van der Waals surface area contributed by atoms with Gasteiger partial charge in [-0.25, -0.2) is 9.78 Å². The number of fused-ring (bicyclic) bond motifs is 1. The summed E-state index contributed by atoms with van der Waals surface area (Å²) in [5, 5.41) is 13.2. The van der Waals surface area contributed by atoms with Crippen LogP contribution in [0, 0.1) is 0 Å². The molecule has 0 aliphatic heterocycles. The third kappa shape index (κ3) is 2.16. The molecule has 0 fully saturated rings. The molecule has 0 atom stereocenters. The van der Waals surface area contributed by atoms with E-state index in [1.807, 2.05) is 30.3 Å². The summed E-state index contributed by atoms with van der Waals surface area (Å²) in [5.41, 5.74) is 1.63. The third-order valence-corrected chi connectivity index (χ3v) is 2.92. The number of para-hydroxylation sites is 1. The monoisotopic (exact) mass is 265 g/mol. The van der Waals surface area contributed by atoms with Gasteiger partial charge in [-0.3, -0.25) is 4.98 Å². The van der Waals surface area contributed by atoms with Crippen molar-refractivity contribution < 1.29 is 9.90 Å². The fourth-order valence-corrected chi connectivity index (χ4v) is 2.01. The SMILES string of the molecule is O=C(O)c1cccnc1Nc1cccc2cccnc12. The lowest BCUT2D eigenvalue weighted by atomic mass is 10.2. The number of hydrogen-bond acceptors (Lipinski definition) is 4. The van der Waals surface area contributed by atoms with E-state index >= 15 is 0 Å². The van der Waals surface area contributed by atoms with E-state index in [0.29, 0.717) is 5.82 Å². The van der Waals surface area contributed by atoms with Crippen LogP contribution in [-0.2, 0) is 0 Å². The Kier molecular flexibility index (Phi) is 3.01. The maximum atomic E-state index is 11.2. The molecule has 98 valence electrons.